The molecule has 0 saturated heterocycles. The number of H-pyrrole nitrogens is 1. The molecule has 2 aromatic rings. The molecule has 0 fully saturated rings. The van der Waals surface area contributed by atoms with E-state index in [1.807, 2.05) is 0 Å². The highest BCUT2D eigenvalue weighted by molar-refractivity contribution is 5.93. The van der Waals surface area contributed by atoms with Gasteiger partial charge in [0.2, 0.25) is 6.29 Å². The molecule has 106 valence electrons. The van der Waals surface area contributed by atoms with Gasteiger partial charge >= 0.3 is 12.1 Å². The van der Waals surface area contributed by atoms with Crippen molar-refractivity contribution >= 4 is 23.2 Å². The van der Waals surface area contributed by atoms with E-state index in [1.165, 1.54) is 13.3 Å². The van der Waals surface area contributed by atoms with Crippen molar-refractivity contribution in [1.29, 1.82) is 0 Å². The van der Waals surface area contributed by atoms with Crippen molar-refractivity contribution in [1.82, 2.24) is 9.97 Å². The quantitative estimate of drug-likeness (QED) is 0.681. The second-order valence-electron chi connectivity index (χ2n) is 3.91. The summed E-state index contributed by atoms with van der Waals surface area (Å²) in [5, 5.41) is 0. The molecule has 1 atom stereocenters. The molecule has 0 spiro atoms. The van der Waals surface area contributed by atoms with Crippen LogP contribution in [0.2, 0.25) is 0 Å². The SMILES string of the molecule is CCOC(=O)OC(C)OC(=O)c1ccc2nc[nH]c2c1. The molecule has 0 aliphatic heterocycles. The second kappa shape index (κ2) is 6.05. The number of aromatic amines is 1. The van der Waals surface area contributed by atoms with Crippen LogP contribution >= 0.6 is 0 Å². The lowest BCUT2D eigenvalue weighted by molar-refractivity contribution is -0.0811. The zero-order chi connectivity index (χ0) is 14.5. The predicted octanol–water partition coefficient (Wildman–Crippen LogP) is 2.24. The number of hydrogen-bond acceptors (Lipinski definition) is 6. The van der Waals surface area contributed by atoms with Gasteiger partial charge in [-0.1, -0.05) is 0 Å². The van der Waals surface area contributed by atoms with Gasteiger partial charge in [0, 0.05) is 6.92 Å². The van der Waals surface area contributed by atoms with Crippen LogP contribution in [-0.4, -0.2) is 35.0 Å². The number of esters is 1. The van der Waals surface area contributed by atoms with Crippen molar-refractivity contribution in [3.63, 3.8) is 0 Å². The van der Waals surface area contributed by atoms with Crippen molar-refractivity contribution in [2.24, 2.45) is 0 Å². The maximum Gasteiger partial charge on any atom is 0.511 e. The highest BCUT2D eigenvalue weighted by atomic mass is 16.8. The van der Waals surface area contributed by atoms with Gasteiger partial charge in [0.05, 0.1) is 29.5 Å². The fourth-order valence-electron chi connectivity index (χ4n) is 1.59. The first-order chi connectivity index (χ1) is 9.60. The minimum Gasteiger partial charge on any atom is -0.435 e. The maximum atomic E-state index is 11.9. The molecule has 0 aliphatic carbocycles. The largest absolute Gasteiger partial charge is 0.511 e. The lowest BCUT2D eigenvalue weighted by Gasteiger charge is -2.13. The van der Waals surface area contributed by atoms with Crippen LogP contribution in [0.15, 0.2) is 24.5 Å². The second-order valence-corrected chi connectivity index (χ2v) is 3.91. The topological polar surface area (TPSA) is 90.5 Å². The molecule has 1 aromatic carbocycles. The zero-order valence-electron chi connectivity index (χ0n) is 11.1. The van der Waals surface area contributed by atoms with E-state index in [0.29, 0.717) is 5.56 Å². The van der Waals surface area contributed by atoms with Crippen molar-refractivity contribution in [2.75, 3.05) is 6.61 Å². The Hall–Kier alpha value is -2.57. The minimum atomic E-state index is -1.03. The molecule has 20 heavy (non-hydrogen) atoms. The number of aromatic nitrogens is 2. The summed E-state index contributed by atoms with van der Waals surface area (Å²) in [6, 6.07) is 4.89. The molecule has 0 radical (unpaired) electrons. The molecule has 7 nitrogen and oxygen atoms in total. The summed E-state index contributed by atoms with van der Waals surface area (Å²) < 4.78 is 14.3. The van der Waals surface area contributed by atoms with Gasteiger partial charge in [-0.25, -0.2) is 14.6 Å². The lowest BCUT2D eigenvalue weighted by atomic mass is 10.2. The number of carbonyl (C=O) groups excluding carboxylic acids is 2. The Bertz CT molecular complexity index is 622. The first-order valence-corrected chi connectivity index (χ1v) is 6.07. The van der Waals surface area contributed by atoms with Crippen LogP contribution < -0.4 is 0 Å². The van der Waals surface area contributed by atoms with E-state index < -0.39 is 18.4 Å². The van der Waals surface area contributed by atoms with E-state index in [-0.39, 0.29) is 6.61 Å². The van der Waals surface area contributed by atoms with Crippen molar-refractivity contribution in [2.45, 2.75) is 20.1 Å². The van der Waals surface area contributed by atoms with Crippen molar-refractivity contribution < 1.29 is 23.8 Å². The maximum absolute atomic E-state index is 11.9. The molecular formula is C13H14N2O5. The molecular weight excluding hydrogens is 264 g/mol. The smallest absolute Gasteiger partial charge is 0.435 e. The molecule has 0 bridgehead atoms. The van der Waals surface area contributed by atoms with Crippen LogP contribution in [0.3, 0.4) is 0 Å². The van der Waals surface area contributed by atoms with E-state index in [4.69, 9.17) is 9.47 Å². The minimum absolute atomic E-state index is 0.190. The Morgan fingerprint density at radius 3 is 2.90 bits per heavy atom. The lowest BCUT2D eigenvalue weighted by Crippen LogP contribution is -2.22. The molecule has 1 N–H and O–H groups in total. The summed E-state index contributed by atoms with van der Waals surface area (Å²) in [4.78, 5) is 29.9. The summed E-state index contributed by atoms with van der Waals surface area (Å²) in [5.41, 5.74) is 1.80. The van der Waals surface area contributed by atoms with Crippen LogP contribution in [-0.2, 0) is 14.2 Å². The summed E-state index contributed by atoms with van der Waals surface area (Å²) in [6.45, 7) is 3.27. The van der Waals surface area contributed by atoms with Crippen LogP contribution in [0.5, 0.6) is 0 Å². The van der Waals surface area contributed by atoms with Crippen molar-refractivity contribution in [3.05, 3.63) is 30.1 Å². The third-order valence-corrected chi connectivity index (χ3v) is 2.45. The van der Waals surface area contributed by atoms with Gasteiger partial charge in [0.1, 0.15) is 0 Å². The van der Waals surface area contributed by atoms with Gasteiger partial charge in [-0.3, -0.25) is 0 Å². The Labute approximate surface area is 114 Å². The molecule has 0 amide bonds. The number of nitrogens with one attached hydrogen (secondary N) is 1. The summed E-state index contributed by atoms with van der Waals surface area (Å²) in [6.07, 6.45) is -0.373. The van der Waals surface area contributed by atoms with Crippen LogP contribution in [0, 0.1) is 0 Å². The van der Waals surface area contributed by atoms with E-state index >= 15 is 0 Å². The predicted molar refractivity (Wildman–Crippen MR) is 69.1 cm³/mol. The normalized spacial score (nSPS) is 11.9. The van der Waals surface area contributed by atoms with Gasteiger partial charge in [-0.05, 0) is 25.1 Å². The van der Waals surface area contributed by atoms with Crippen LogP contribution in [0.1, 0.15) is 24.2 Å². The number of imidazole rings is 1. The molecule has 7 heteroatoms. The third kappa shape index (κ3) is 3.25. The number of benzene rings is 1. The molecule has 0 saturated carbocycles. The Morgan fingerprint density at radius 1 is 1.35 bits per heavy atom. The Kier molecular flexibility index (Phi) is 4.19. The first kappa shape index (κ1) is 13.9. The monoisotopic (exact) mass is 278 g/mol. The van der Waals surface area contributed by atoms with E-state index in [0.717, 1.165) is 11.0 Å². The van der Waals surface area contributed by atoms with E-state index in [2.05, 4.69) is 14.7 Å². The number of nitrogens with zero attached hydrogens (tertiary/aromatic N) is 1. The van der Waals surface area contributed by atoms with Gasteiger partial charge in [-0.2, -0.15) is 0 Å². The zero-order valence-corrected chi connectivity index (χ0v) is 11.1. The van der Waals surface area contributed by atoms with Crippen LogP contribution in [0.4, 0.5) is 4.79 Å². The van der Waals surface area contributed by atoms with Crippen LogP contribution in [0.25, 0.3) is 11.0 Å². The fourth-order valence-corrected chi connectivity index (χ4v) is 1.59. The standard InChI is InChI=1S/C13H14N2O5/c1-3-18-13(17)20-8(2)19-12(16)9-4-5-10-11(6-9)15-7-14-10/h4-8H,3H2,1-2H3,(H,14,15). The summed E-state index contributed by atoms with van der Waals surface area (Å²) in [7, 11) is 0. The number of carbonyl (C=O) groups is 2. The highest BCUT2D eigenvalue weighted by Gasteiger charge is 2.16. The molecule has 0 aliphatic rings. The van der Waals surface area contributed by atoms with Gasteiger partial charge < -0.3 is 19.2 Å². The summed E-state index contributed by atoms with van der Waals surface area (Å²) >= 11 is 0. The van der Waals surface area contributed by atoms with Gasteiger partial charge in [-0.15, -0.1) is 0 Å². The molecule has 1 unspecified atom stereocenters. The first-order valence-electron chi connectivity index (χ1n) is 6.07. The summed E-state index contributed by atoms with van der Waals surface area (Å²) in [5.74, 6) is -0.599. The van der Waals surface area contributed by atoms with Gasteiger partial charge in [0.25, 0.3) is 0 Å². The number of ether oxygens (including phenoxy) is 3. The molecule has 1 aromatic heterocycles. The highest BCUT2D eigenvalue weighted by Crippen LogP contribution is 2.13. The molecule has 2 rings (SSSR count). The van der Waals surface area contributed by atoms with Crippen molar-refractivity contribution in [3.8, 4) is 0 Å². The number of hydrogen-bond donors (Lipinski definition) is 1. The van der Waals surface area contributed by atoms with E-state index in [9.17, 15) is 9.59 Å². The number of rotatable bonds is 4. The van der Waals surface area contributed by atoms with E-state index in [1.54, 1.807) is 25.1 Å². The Morgan fingerprint density at radius 2 is 2.15 bits per heavy atom. The third-order valence-electron chi connectivity index (χ3n) is 2.45. The average Bonchev–Trinajstić information content (AvgIpc) is 2.85. The molecule has 1 heterocycles. The Balaban J connectivity index is 1.98. The fraction of sp³-hybridized carbons (Fsp3) is 0.308. The van der Waals surface area contributed by atoms with Gasteiger partial charge in [0.15, 0.2) is 0 Å². The average molecular weight is 278 g/mol. The number of fused-ring (bicyclic) bond motifs is 1.